The fourth-order valence-electron chi connectivity index (χ4n) is 6.20. The molecule has 1 aromatic carbocycles. The number of carbonyl (C=O) groups is 7. The van der Waals surface area contributed by atoms with Gasteiger partial charge in [0.25, 0.3) is 0 Å². The molecule has 0 aliphatic heterocycles. The van der Waals surface area contributed by atoms with Crippen molar-refractivity contribution in [3.05, 3.63) is 35.9 Å². The molecular formula is C40H69N9O13. The summed E-state index contributed by atoms with van der Waals surface area (Å²) in [5.41, 5.74) is 43.5. The molecule has 1 aromatic rings. The van der Waals surface area contributed by atoms with E-state index in [0.29, 0.717) is 44.1 Å². The Hall–Kier alpha value is -5.26. The van der Waals surface area contributed by atoms with E-state index in [9.17, 15) is 33.6 Å². The van der Waals surface area contributed by atoms with Gasteiger partial charge < -0.3 is 75.8 Å². The lowest BCUT2D eigenvalue weighted by atomic mass is 9.85. The third-order valence-electron chi connectivity index (χ3n) is 9.77. The number of benzene rings is 1. The van der Waals surface area contributed by atoms with Crippen LogP contribution in [-0.4, -0.2) is 118 Å². The molecular weight excluding hydrogens is 814 g/mol. The molecule has 22 heteroatoms. The quantitative estimate of drug-likeness (QED) is 0.0258. The van der Waals surface area contributed by atoms with Crippen LogP contribution in [0, 0.1) is 11.8 Å². The fraction of sp³-hybridized carbons (Fsp3) is 0.650. The molecule has 0 unspecified atom stereocenters. The van der Waals surface area contributed by atoms with Gasteiger partial charge in [0.15, 0.2) is 5.96 Å². The van der Waals surface area contributed by atoms with Gasteiger partial charge in [-0.25, -0.2) is 4.79 Å². The summed E-state index contributed by atoms with van der Waals surface area (Å²) in [6.45, 7) is -0.0340. The third kappa shape index (κ3) is 28.3. The lowest BCUT2D eigenvalue weighted by Crippen LogP contribution is -2.40. The Morgan fingerprint density at radius 3 is 1.52 bits per heavy atom. The molecule has 0 amide bonds. The number of nitrogens with two attached hydrogens (primary N) is 8. The van der Waals surface area contributed by atoms with Crippen molar-refractivity contribution in [2.45, 2.75) is 139 Å². The van der Waals surface area contributed by atoms with E-state index in [1.807, 2.05) is 30.3 Å². The summed E-state index contributed by atoms with van der Waals surface area (Å²) in [6, 6.07) is 3.60. The highest BCUT2D eigenvalue weighted by molar-refractivity contribution is 5.90. The molecule has 0 saturated heterocycles. The molecule has 0 heterocycles. The summed E-state index contributed by atoms with van der Waals surface area (Å²) in [7, 11) is 0. The zero-order valence-electron chi connectivity index (χ0n) is 35.3. The van der Waals surface area contributed by atoms with Crippen molar-refractivity contribution in [2.24, 2.45) is 62.7 Å². The maximum Gasteiger partial charge on any atom is 0.330 e. The number of carbonyl (C=O) groups excluding carboxylic acids is 3. The third-order valence-corrected chi connectivity index (χ3v) is 9.77. The van der Waals surface area contributed by atoms with Crippen LogP contribution >= 0.6 is 0 Å². The second-order valence-electron chi connectivity index (χ2n) is 15.2. The van der Waals surface area contributed by atoms with Crippen LogP contribution in [0.3, 0.4) is 0 Å². The Morgan fingerprint density at radius 1 is 0.597 bits per heavy atom. The molecule has 6 atom stereocenters. The number of carboxylic acids is 4. The van der Waals surface area contributed by atoms with E-state index in [1.165, 1.54) is 51.4 Å². The summed E-state index contributed by atoms with van der Waals surface area (Å²) >= 11 is 0. The summed E-state index contributed by atoms with van der Waals surface area (Å²) in [5.74, 6) is -5.95. The monoisotopic (exact) mass is 884 g/mol. The van der Waals surface area contributed by atoms with Crippen molar-refractivity contribution in [3.8, 4) is 0 Å². The van der Waals surface area contributed by atoms with Crippen LogP contribution < -0.4 is 45.9 Å². The topological polar surface area (TPSA) is 439 Å². The van der Waals surface area contributed by atoms with Crippen LogP contribution in [0.1, 0.15) is 102 Å². The first-order chi connectivity index (χ1) is 29.1. The lowest BCUT2D eigenvalue weighted by Gasteiger charge is -2.23. The standard InChI is InChI=1S/C12H22N2O4.C10H19N5O5.C9H17NO2.C9H11NO2/c13-9(6-8-4-2-1-3-5-8)12(17)18-7-10(14)11(15)16;11-5(2-1-3-15-10(13)14)9(19)20-7(16)4-6(12)8(17)18;2*10-8(9(11)12)6-7-4-2-1-3-5-7/h8-10H,1-7,13-14H2,(H,15,16);5-6H,1-4,11-12H2,(H,17,18)(H4,13,14,15);7-8H,1-6,10H2,(H,11,12);1-5,8H,6,10H2,(H,11,12)/t9-,10+;5-,6+;2*8-/m0100/s1. The number of aliphatic imine (C=N–C) groups is 1. The molecule has 62 heavy (non-hydrogen) atoms. The SMILES string of the molecule is NC(N)=NCCC[C@@H](N)C(=O)OC(=O)C[C@H](N)C(=O)O.N[C@@H](CC1CCCCC1)C(=O)O.N[C@@H](Cc1ccccc1)C(=O)O.N[C@H](COC(=O)[C@@H](N)CC1CCCCC1)C(=O)O. The fourth-order valence-corrected chi connectivity index (χ4v) is 6.20. The first-order valence-corrected chi connectivity index (χ1v) is 20.6. The van der Waals surface area contributed by atoms with Crippen LogP contribution in [0.5, 0.6) is 0 Å². The maximum absolute atomic E-state index is 11.5. The van der Waals surface area contributed by atoms with E-state index in [4.69, 9.17) is 71.0 Å². The summed E-state index contributed by atoms with van der Waals surface area (Å²) < 4.78 is 9.18. The highest BCUT2D eigenvalue weighted by Crippen LogP contribution is 2.28. The first-order valence-electron chi connectivity index (χ1n) is 20.6. The van der Waals surface area contributed by atoms with Gasteiger partial charge in [0.2, 0.25) is 0 Å². The summed E-state index contributed by atoms with van der Waals surface area (Å²) in [5, 5.41) is 34.1. The van der Waals surface area contributed by atoms with Crippen LogP contribution in [0.15, 0.2) is 35.3 Å². The largest absolute Gasteiger partial charge is 0.480 e. The smallest absolute Gasteiger partial charge is 0.330 e. The maximum atomic E-state index is 11.5. The van der Waals surface area contributed by atoms with Crippen LogP contribution in [-0.2, 0) is 49.5 Å². The Kier molecular flexibility index (Phi) is 29.7. The van der Waals surface area contributed by atoms with Gasteiger partial charge in [-0.15, -0.1) is 0 Å². The summed E-state index contributed by atoms with van der Waals surface area (Å²) in [4.78, 5) is 79.5. The molecule has 0 aromatic heterocycles. The number of carboxylic acid groups (broad SMARTS) is 4. The molecule has 0 spiro atoms. The van der Waals surface area contributed by atoms with E-state index >= 15 is 0 Å². The van der Waals surface area contributed by atoms with E-state index in [-0.39, 0.29) is 19.0 Å². The van der Waals surface area contributed by atoms with Crippen molar-refractivity contribution < 1.29 is 63.5 Å². The minimum Gasteiger partial charge on any atom is -0.480 e. The van der Waals surface area contributed by atoms with Crippen LogP contribution in [0.25, 0.3) is 0 Å². The average molecular weight is 884 g/mol. The minimum absolute atomic E-state index is 0.0704. The first kappa shape index (κ1) is 56.7. The van der Waals surface area contributed by atoms with Crippen molar-refractivity contribution in [2.75, 3.05) is 13.2 Å². The second-order valence-corrected chi connectivity index (χ2v) is 15.2. The zero-order valence-corrected chi connectivity index (χ0v) is 35.3. The van der Waals surface area contributed by atoms with Crippen molar-refractivity contribution >= 4 is 47.7 Å². The van der Waals surface area contributed by atoms with Gasteiger partial charge in [0.05, 0.1) is 6.42 Å². The Bertz CT molecular complexity index is 1540. The average Bonchev–Trinajstić information content (AvgIpc) is 3.22. The molecule has 352 valence electrons. The van der Waals surface area contributed by atoms with Gasteiger partial charge >= 0.3 is 41.8 Å². The summed E-state index contributed by atoms with van der Waals surface area (Å²) in [6.07, 6.45) is 13.7. The molecule has 2 fully saturated rings. The van der Waals surface area contributed by atoms with Gasteiger partial charge in [-0.1, -0.05) is 94.5 Å². The molecule has 22 nitrogen and oxygen atoms in total. The molecule has 3 rings (SSSR count). The molecule has 0 bridgehead atoms. The van der Waals surface area contributed by atoms with Gasteiger partial charge in [-0.05, 0) is 49.5 Å². The number of nitrogens with zero attached hydrogens (tertiary/aromatic N) is 1. The predicted molar refractivity (Wildman–Crippen MR) is 228 cm³/mol. The zero-order chi connectivity index (χ0) is 47.2. The predicted octanol–water partition coefficient (Wildman–Crippen LogP) is -0.512. The normalized spacial score (nSPS) is 16.7. The molecule has 2 aliphatic rings. The van der Waals surface area contributed by atoms with Crippen LogP contribution in [0.2, 0.25) is 0 Å². The number of hydrogen-bond donors (Lipinski definition) is 12. The molecule has 20 N–H and O–H groups in total. The number of esters is 3. The molecule has 2 aliphatic carbocycles. The van der Waals surface area contributed by atoms with Crippen molar-refractivity contribution in [1.29, 1.82) is 0 Å². The van der Waals surface area contributed by atoms with E-state index < -0.39 is 84.5 Å². The molecule has 0 radical (unpaired) electrons. The Morgan fingerprint density at radius 2 is 1.06 bits per heavy atom. The Balaban J connectivity index is 0.000000818. The lowest BCUT2D eigenvalue weighted by molar-refractivity contribution is -0.162. The second kappa shape index (κ2) is 32.5. The van der Waals surface area contributed by atoms with E-state index in [2.05, 4.69) is 9.73 Å². The van der Waals surface area contributed by atoms with Gasteiger partial charge in [-0.2, -0.15) is 0 Å². The van der Waals surface area contributed by atoms with Crippen molar-refractivity contribution in [1.82, 2.24) is 0 Å². The van der Waals surface area contributed by atoms with Crippen molar-refractivity contribution in [3.63, 3.8) is 0 Å². The number of guanidine groups is 1. The Labute approximate surface area is 361 Å². The number of aliphatic carboxylic acids is 4. The minimum atomic E-state index is -1.42. The van der Waals surface area contributed by atoms with E-state index in [1.54, 1.807) is 0 Å². The number of rotatable bonds is 20. The van der Waals surface area contributed by atoms with E-state index in [0.717, 1.165) is 18.4 Å². The van der Waals surface area contributed by atoms with Gasteiger partial charge in [0, 0.05) is 6.54 Å². The number of ether oxygens (including phenoxy) is 2. The highest BCUT2D eigenvalue weighted by atomic mass is 16.6. The van der Waals surface area contributed by atoms with Gasteiger partial charge in [-0.3, -0.25) is 33.8 Å². The van der Waals surface area contributed by atoms with Gasteiger partial charge in [0.1, 0.15) is 42.9 Å². The molecule has 2 saturated carbocycles. The van der Waals surface area contributed by atoms with Crippen LogP contribution in [0.4, 0.5) is 0 Å². The highest BCUT2D eigenvalue weighted by Gasteiger charge is 2.25. The number of hydrogen-bond acceptors (Lipinski definition) is 16.